The molecule has 0 spiro atoms. The molecule has 104 valence electrons. The zero-order valence-electron chi connectivity index (χ0n) is 11.5. The van der Waals surface area contributed by atoms with Gasteiger partial charge in [0.15, 0.2) is 6.10 Å². The maximum atomic E-state index is 12.2. The fourth-order valence-corrected chi connectivity index (χ4v) is 2.44. The van der Waals surface area contributed by atoms with Crippen LogP contribution < -0.4 is 0 Å². The number of rotatable bonds is 4. The van der Waals surface area contributed by atoms with Crippen LogP contribution in [0.1, 0.15) is 24.5 Å². The SMILES string of the molecule is COC(C(=O)O[C@H]1CCCN(C)C1)c1ccccc1. The molecule has 0 saturated carbocycles. The Kier molecular flexibility index (Phi) is 4.93. The van der Waals surface area contributed by atoms with Gasteiger partial charge in [-0.2, -0.15) is 0 Å². The Morgan fingerprint density at radius 3 is 2.74 bits per heavy atom. The van der Waals surface area contributed by atoms with Crippen molar-refractivity contribution in [1.82, 2.24) is 4.90 Å². The molecule has 19 heavy (non-hydrogen) atoms. The Hall–Kier alpha value is -1.39. The van der Waals surface area contributed by atoms with E-state index in [9.17, 15) is 4.79 Å². The van der Waals surface area contributed by atoms with Crippen LogP contribution in [-0.4, -0.2) is 44.2 Å². The number of benzene rings is 1. The highest BCUT2D eigenvalue weighted by atomic mass is 16.6. The van der Waals surface area contributed by atoms with Gasteiger partial charge in [-0.1, -0.05) is 30.3 Å². The lowest BCUT2D eigenvalue weighted by molar-refractivity contribution is -0.163. The molecule has 1 aromatic rings. The van der Waals surface area contributed by atoms with Gasteiger partial charge in [0.2, 0.25) is 0 Å². The number of likely N-dealkylation sites (tertiary alicyclic amines) is 1. The van der Waals surface area contributed by atoms with Gasteiger partial charge >= 0.3 is 5.97 Å². The Morgan fingerprint density at radius 2 is 2.11 bits per heavy atom. The monoisotopic (exact) mass is 263 g/mol. The van der Waals surface area contributed by atoms with Gasteiger partial charge < -0.3 is 14.4 Å². The average molecular weight is 263 g/mol. The van der Waals surface area contributed by atoms with Crippen molar-refractivity contribution in [2.45, 2.75) is 25.0 Å². The summed E-state index contributed by atoms with van der Waals surface area (Å²) < 4.78 is 10.8. The lowest BCUT2D eigenvalue weighted by Crippen LogP contribution is -2.39. The lowest BCUT2D eigenvalue weighted by Gasteiger charge is -2.30. The van der Waals surface area contributed by atoms with Crippen LogP contribution in [-0.2, 0) is 14.3 Å². The number of carbonyl (C=O) groups is 1. The molecule has 0 bridgehead atoms. The van der Waals surface area contributed by atoms with Crippen LogP contribution in [0.5, 0.6) is 0 Å². The smallest absolute Gasteiger partial charge is 0.340 e. The molecule has 2 atom stereocenters. The van der Waals surface area contributed by atoms with Gasteiger partial charge in [-0.15, -0.1) is 0 Å². The van der Waals surface area contributed by atoms with E-state index < -0.39 is 6.10 Å². The summed E-state index contributed by atoms with van der Waals surface area (Å²) >= 11 is 0. The number of hydrogen-bond donors (Lipinski definition) is 0. The van der Waals surface area contributed by atoms with Crippen LogP contribution in [0.15, 0.2) is 30.3 Å². The summed E-state index contributed by atoms with van der Waals surface area (Å²) in [7, 11) is 3.58. The molecular formula is C15H21NO3. The molecule has 1 aliphatic rings. The fourth-order valence-electron chi connectivity index (χ4n) is 2.44. The van der Waals surface area contributed by atoms with Gasteiger partial charge in [0.25, 0.3) is 0 Å². The van der Waals surface area contributed by atoms with Crippen LogP contribution in [0.25, 0.3) is 0 Å². The van der Waals surface area contributed by atoms with Crippen molar-refractivity contribution in [2.75, 3.05) is 27.2 Å². The summed E-state index contributed by atoms with van der Waals surface area (Å²) in [6, 6.07) is 9.45. The topological polar surface area (TPSA) is 38.8 Å². The van der Waals surface area contributed by atoms with Crippen LogP contribution in [0, 0.1) is 0 Å². The predicted octanol–water partition coefficient (Wildman–Crippen LogP) is 2.01. The normalized spacial score (nSPS) is 21.9. The first kappa shape index (κ1) is 14.0. The van der Waals surface area contributed by atoms with E-state index >= 15 is 0 Å². The zero-order valence-corrected chi connectivity index (χ0v) is 11.5. The highest BCUT2D eigenvalue weighted by Gasteiger charge is 2.27. The molecule has 4 nitrogen and oxygen atoms in total. The number of nitrogens with zero attached hydrogens (tertiary/aromatic N) is 1. The first-order valence-electron chi connectivity index (χ1n) is 6.67. The van der Waals surface area contributed by atoms with E-state index in [0.717, 1.165) is 31.5 Å². The molecular weight excluding hydrogens is 242 g/mol. The van der Waals surface area contributed by atoms with Gasteiger partial charge in [-0.05, 0) is 32.0 Å². The molecule has 1 fully saturated rings. The molecule has 1 aliphatic heterocycles. The lowest BCUT2D eigenvalue weighted by atomic mass is 10.1. The van der Waals surface area contributed by atoms with Gasteiger partial charge in [0.1, 0.15) is 6.10 Å². The largest absolute Gasteiger partial charge is 0.459 e. The third-order valence-corrected chi connectivity index (χ3v) is 3.42. The predicted molar refractivity (Wildman–Crippen MR) is 72.8 cm³/mol. The Balaban J connectivity index is 1.97. The number of ether oxygens (including phenoxy) is 2. The van der Waals surface area contributed by atoms with Crippen LogP contribution in [0.2, 0.25) is 0 Å². The van der Waals surface area contributed by atoms with Crippen LogP contribution in [0.4, 0.5) is 0 Å². The van der Waals surface area contributed by atoms with Crippen molar-refractivity contribution in [2.24, 2.45) is 0 Å². The molecule has 2 rings (SSSR count). The highest BCUT2D eigenvalue weighted by Crippen LogP contribution is 2.20. The molecule has 0 amide bonds. The summed E-state index contributed by atoms with van der Waals surface area (Å²) in [5.74, 6) is -0.297. The first-order chi connectivity index (χ1) is 9.20. The van der Waals surface area contributed by atoms with E-state index in [0.29, 0.717) is 0 Å². The second kappa shape index (κ2) is 6.68. The summed E-state index contributed by atoms with van der Waals surface area (Å²) in [6.45, 7) is 1.87. The molecule has 0 N–H and O–H groups in total. The number of esters is 1. The number of likely N-dealkylation sites (N-methyl/N-ethyl adjacent to an activating group) is 1. The summed E-state index contributed by atoms with van der Waals surface area (Å²) in [6.07, 6.45) is 1.35. The number of methoxy groups -OCH3 is 1. The first-order valence-corrected chi connectivity index (χ1v) is 6.67. The fraction of sp³-hybridized carbons (Fsp3) is 0.533. The van der Waals surface area contributed by atoms with Crippen molar-refractivity contribution >= 4 is 5.97 Å². The standard InChI is InChI=1S/C15H21NO3/c1-16-10-6-9-13(11-16)19-15(17)14(18-2)12-7-4-3-5-8-12/h3-5,7-8,13-14H,6,9-11H2,1-2H3/t13-,14?/m0/s1. The highest BCUT2D eigenvalue weighted by molar-refractivity contribution is 5.76. The maximum Gasteiger partial charge on any atom is 0.340 e. The molecule has 4 heteroatoms. The molecule has 1 heterocycles. The van der Waals surface area contributed by atoms with Crippen LogP contribution >= 0.6 is 0 Å². The molecule has 1 saturated heterocycles. The van der Waals surface area contributed by atoms with E-state index in [4.69, 9.17) is 9.47 Å². The van der Waals surface area contributed by atoms with Gasteiger partial charge in [0.05, 0.1) is 0 Å². The quantitative estimate of drug-likeness (QED) is 0.779. The van der Waals surface area contributed by atoms with Crippen molar-refractivity contribution in [3.8, 4) is 0 Å². The minimum Gasteiger partial charge on any atom is -0.459 e. The van der Waals surface area contributed by atoms with E-state index in [1.165, 1.54) is 7.11 Å². The molecule has 1 aromatic carbocycles. The van der Waals surface area contributed by atoms with Gasteiger partial charge in [-0.25, -0.2) is 4.79 Å². The Bertz CT molecular complexity index is 407. The van der Waals surface area contributed by atoms with E-state index in [1.54, 1.807) is 0 Å². The van der Waals surface area contributed by atoms with Crippen molar-refractivity contribution in [3.05, 3.63) is 35.9 Å². The Labute approximate surface area is 114 Å². The maximum absolute atomic E-state index is 12.2. The Morgan fingerprint density at radius 1 is 1.37 bits per heavy atom. The number of piperidine rings is 1. The summed E-state index contributed by atoms with van der Waals surface area (Å²) in [4.78, 5) is 14.4. The molecule has 0 aromatic heterocycles. The van der Waals surface area contributed by atoms with E-state index in [-0.39, 0.29) is 12.1 Å². The third kappa shape index (κ3) is 3.78. The van der Waals surface area contributed by atoms with Gasteiger partial charge in [-0.3, -0.25) is 0 Å². The van der Waals surface area contributed by atoms with E-state index in [1.807, 2.05) is 37.4 Å². The second-order valence-corrected chi connectivity index (χ2v) is 4.99. The van der Waals surface area contributed by atoms with E-state index in [2.05, 4.69) is 4.90 Å². The number of hydrogen-bond acceptors (Lipinski definition) is 4. The second-order valence-electron chi connectivity index (χ2n) is 4.99. The molecule has 0 aliphatic carbocycles. The van der Waals surface area contributed by atoms with Crippen LogP contribution in [0.3, 0.4) is 0 Å². The summed E-state index contributed by atoms with van der Waals surface area (Å²) in [5.41, 5.74) is 0.833. The van der Waals surface area contributed by atoms with Gasteiger partial charge in [0, 0.05) is 13.7 Å². The minimum atomic E-state index is -0.631. The average Bonchev–Trinajstić information content (AvgIpc) is 2.41. The summed E-state index contributed by atoms with van der Waals surface area (Å²) in [5, 5.41) is 0. The van der Waals surface area contributed by atoms with Crippen molar-refractivity contribution in [1.29, 1.82) is 0 Å². The van der Waals surface area contributed by atoms with Crippen molar-refractivity contribution < 1.29 is 14.3 Å². The third-order valence-electron chi connectivity index (χ3n) is 3.42. The molecule has 0 radical (unpaired) electrons. The van der Waals surface area contributed by atoms with Crippen molar-refractivity contribution in [3.63, 3.8) is 0 Å². The minimum absolute atomic E-state index is 0.0207. The molecule has 1 unspecified atom stereocenters. The number of carbonyl (C=O) groups excluding carboxylic acids is 1. The zero-order chi connectivity index (χ0) is 13.7.